The van der Waals surface area contributed by atoms with Gasteiger partial charge in [-0.2, -0.15) is 0 Å². The number of aromatic amines is 1. The number of pyridine rings is 1. The number of halogens is 1. The van der Waals surface area contributed by atoms with E-state index in [0.717, 1.165) is 10.2 Å². The maximum Gasteiger partial charge on any atom is 0.274 e. The van der Waals surface area contributed by atoms with Crippen molar-refractivity contribution in [1.82, 2.24) is 19.7 Å². The molecule has 20 heavy (non-hydrogen) atoms. The number of nitrogens with zero attached hydrogens (tertiary/aromatic N) is 3. The van der Waals surface area contributed by atoms with Crippen LogP contribution in [0.4, 0.5) is 0 Å². The summed E-state index contributed by atoms with van der Waals surface area (Å²) >= 11 is 3.45. The van der Waals surface area contributed by atoms with Gasteiger partial charge in [0, 0.05) is 28.8 Å². The van der Waals surface area contributed by atoms with E-state index in [0.29, 0.717) is 16.5 Å². The van der Waals surface area contributed by atoms with Crippen LogP contribution in [0.2, 0.25) is 0 Å². The molecule has 3 rings (SSSR count). The minimum Gasteiger partial charge on any atom is -0.418 e. The number of aliphatic hydroxyl groups excluding tert-OH is 1. The first-order chi connectivity index (χ1) is 9.52. The maximum absolute atomic E-state index is 12.1. The van der Waals surface area contributed by atoms with Gasteiger partial charge in [-0.15, -0.1) is 10.2 Å². The standard InChI is InChI=1S/C12H11BrN4O3/c1-5-8(11-16-15-7(4-18)20-11)9-6(13)3-17(2)12(19)10(9)14-5/h3,14,18H,4H2,1-2H3. The van der Waals surface area contributed by atoms with Gasteiger partial charge in [-0.05, 0) is 22.9 Å². The molecule has 3 aromatic rings. The molecule has 0 aliphatic carbocycles. The van der Waals surface area contributed by atoms with Crippen LogP contribution in [0.3, 0.4) is 0 Å². The predicted octanol–water partition coefficient (Wildman–Crippen LogP) is 1.48. The molecule has 0 radical (unpaired) electrons. The highest BCUT2D eigenvalue weighted by Gasteiger charge is 2.20. The van der Waals surface area contributed by atoms with E-state index in [9.17, 15) is 4.79 Å². The highest BCUT2D eigenvalue weighted by molar-refractivity contribution is 9.10. The van der Waals surface area contributed by atoms with Crippen LogP contribution >= 0.6 is 15.9 Å². The third kappa shape index (κ3) is 1.80. The normalized spacial score (nSPS) is 11.4. The zero-order chi connectivity index (χ0) is 14.4. The highest BCUT2D eigenvalue weighted by atomic mass is 79.9. The first-order valence-electron chi connectivity index (χ1n) is 5.84. The molecule has 104 valence electrons. The predicted molar refractivity (Wildman–Crippen MR) is 75.2 cm³/mol. The lowest BCUT2D eigenvalue weighted by molar-refractivity contribution is 0.241. The summed E-state index contributed by atoms with van der Waals surface area (Å²) in [7, 11) is 1.68. The molecule has 0 fully saturated rings. The van der Waals surface area contributed by atoms with E-state index in [-0.39, 0.29) is 23.9 Å². The summed E-state index contributed by atoms with van der Waals surface area (Å²) in [6.45, 7) is 1.50. The summed E-state index contributed by atoms with van der Waals surface area (Å²) in [5.74, 6) is 0.403. The molecular formula is C12H11BrN4O3. The largest absolute Gasteiger partial charge is 0.418 e. The summed E-state index contributed by atoms with van der Waals surface area (Å²) in [6, 6.07) is 0. The van der Waals surface area contributed by atoms with Gasteiger partial charge in [0.2, 0.25) is 11.8 Å². The molecule has 0 bridgehead atoms. The van der Waals surface area contributed by atoms with Gasteiger partial charge in [-0.1, -0.05) is 0 Å². The number of hydrogen-bond acceptors (Lipinski definition) is 5. The Morgan fingerprint density at radius 3 is 2.90 bits per heavy atom. The van der Waals surface area contributed by atoms with Crippen molar-refractivity contribution in [1.29, 1.82) is 0 Å². The first-order valence-corrected chi connectivity index (χ1v) is 6.63. The van der Waals surface area contributed by atoms with Crippen LogP contribution in [0.1, 0.15) is 11.6 Å². The average Bonchev–Trinajstić information content (AvgIpc) is 2.99. The van der Waals surface area contributed by atoms with Gasteiger partial charge in [-0.25, -0.2) is 0 Å². The SMILES string of the molecule is Cc1[nH]c2c(=O)n(C)cc(Br)c2c1-c1nnc(CO)o1. The Balaban J connectivity index is 2.39. The molecule has 0 aromatic carbocycles. The molecule has 0 aliphatic heterocycles. The number of H-pyrrole nitrogens is 1. The second kappa shape index (κ2) is 4.57. The quantitative estimate of drug-likeness (QED) is 0.737. The molecule has 7 nitrogen and oxygen atoms in total. The third-order valence-corrected chi connectivity index (χ3v) is 3.68. The van der Waals surface area contributed by atoms with Crippen molar-refractivity contribution < 1.29 is 9.52 Å². The van der Waals surface area contributed by atoms with Gasteiger partial charge in [0.05, 0.1) is 5.56 Å². The molecule has 2 N–H and O–H groups in total. The van der Waals surface area contributed by atoms with E-state index in [2.05, 4.69) is 31.1 Å². The molecule has 0 saturated heterocycles. The number of aliphatic hydroxyl groups is 1. The van der Waals surface area contributed by atoms with Crippen LogP contribution in [0, 0.1) is 6.92 Å². The Hall–Kier alpha value is -1.93. The van der Waals surface area contributed by atoms with Gasteiger partial charge in [0.15, 0.2) is 0 Å². The van der Waals surface area contributed by atoms with Crippen LogP contribution in [0.25, 0.3) is 22.4 Å². The lowest BCUT2D eigenvalue weighted by Gasteiger charge is -2.01. The molecule has 3 heterocycles. The van der Waals surface area contributed by atoms with Gasteiger partial charge in [0.1, 0.15) is 12.1 Å². The van der Waals surface area contributed by atoms with Crippen molar-refractivity contribution >= 4 is 26.8 Å². The second-order valence-corrected chi connectivity index (χ2v) is 5.28. The lowest BCUT2D eigenvalue weighted by atomic mass is 10.1. The number of aryl methyl sites for hydroxylation is 2. The minimum atomic E-state index is -0.322. The van der Waals surface area contributed by atoms with Crippen molar-refractivity contribution in [2.24, 2.45) is 7.05 Å². The zero-order valence-electron chi connectivity index (χ0n) is 10.8. The summed E-state index contributed by atoms with van der Waals surface area (Å²) in [4.78, 5) is 15.2. The molecule has 0 saturated carbocycles. The fraction of sp³-hybridized carbons (Fsp3) is 0.250. The van der Waals surface area contributed by atoms with E-state index in [4.69, 9.17) is 9.52 Å². The van der Waals surface area contributed by atoms with Crippen LogP contribution < -0.4 is 5.56 Å². The number of nitrogens with one attached hydrogen (secondary N) is 1. The molecule has 0 atom stereocenters. The van der Waals surface area contributed by atoms with Crippen LogP contribution in [0.15, 0.2) is 19.9 Å². The highest BCUT2D eigenvalue weighted by Crippen LogP contribution is 2.34. The molecular weight excluding hydrogens is 328 g/mol. The number of hydrogen-bond donors (Lipinski definition) is 2. The molecule has 0 aliphatic rings. The molecule has 0 spiro atoms. The summed E-state index contributed by atoms with van der Waals surface area (Å²) in [5, 5.41) is 17.3. The lowest BCUT2D eigenvalue weighted by Crippen LogP contribution is -2.16. The van der Waals surface area contributed by atoms with Crippen molar-refractivity contribution in [3.05, 3.63) is 32.6 Å². The monoisotopic (exact) mass is 338 g/mol. The van der Waals surface area contributed by atoms with Crippen LogP contribution in [-0.4, -0.2) is 24.9 Å². The minimum absolute atomic E-state index is 0.133. The summed E-state index contributed by atoms with van der Waals surface area (Å²) in [6.07, 6.45) is 1.69. The first kappa shape index (κ1) is 13.1. The third-order valence-electron chi connectivity index (χ3n) is 3.08. The Morgan fingerprint density at radius 2 is 2.25 bits per heavy atom. The van der Waals surface area contributed by atoms with Crippen molar-refractivity contribution in [3.8, 4) is 11.5 Å². The molecule has 8 heteroatoms. The Morgan fingerprint density at radius 1 is 1.50 bits per heavy atom. The van der Waals surface area contributed by atoms with E-state index in [1.165, 1.54) is 4.57 Å². The maximum atomic E-state index is 12.1. The van der Waals surface area contributed by atoms with Gasteiger partial charge in [-0.3, -0.25) is 4.79 Å². The molecule has 0 unspecified atom stereocenters. The Kier molecular flexibility index (Phi) is 2.98. The van der Waals surface area contributed by atoms with Crippen LogP contribution in [0.5, 0.6) is 0 Å². The number of fused-ring (bicyclic) bond motifs is 1. The average molecular weight is 339 g/mol. The summed E-state index contributed by atoms with van der Waals surface area (Å²) in [5.41, 5.74) is 1.74. The Labute approximate surface area is 121 Å². The van der Waals surface area contributed by atoms with E-state index in [1.807, 2.05) is 6.92 Å². The summed E-state index contributed by atoms with van der Waals surface area (Å²) < 4.78 is 7.60. The number of aromatic nitrogens is 4. The van der Waals surface area contributed by atoms with E-state index >= 15 is 0 Å². The zero-order valence-corrected chi connectivity index (χ0v) is 12.4. The van der Waals surface area contributed by atoms with Gasteiger partial charge < -0.3 is 19.1 Å². The van der Waals surface area contributed by atoms with Gasteiger partial charge >= 0.3 is 0 Å². The van der Waals surface area contributed by atoms with Crippen molar-refractivity contribution in [2.75, 3.05) is 0 Å². The Bertz CT molecular complexity index is 862. The van der Waals surface area contributed by atoms with Crippen LogP contribution in [-0.2, 0) is 13.7 Å². The second-order valence-electron chi connectivity index (χ2n) is 4.43. The van der Waals surface area contributed by atoms with Gasteiger partial charge in [0.25, 0.3) is 5.56 Å². The smallest absolute Gasteiger partial charge is 0.274 e. The van der Waals surface area contributed by atoms with E-state index < -0.39 is 0 Å². The molecule has 0 amide bonds. The fourth-order valence-corrected chi connectivity index (χ4v) is 2.88. The topological polar surface area (TPSA) is 96.9 Å². The fourth-order valence-electron chi connectivity index (χ4n) is 2.18. The van der Waals surface area contributed by atoms with Crippen molar-refractivity contribution in [2.45, 2.75) is 13.5 Å². The van der Waals surface area contributed by atoms with E-state index in [1.54, 1.807) is 13.2 Å². The van der Waals surface area contributed by atoms with Crippen molar-refractivity contribution in [3.63, 3.8) is 0 Å². The number of rotatable bonds is 2. The molecule has 3 aromatic heterocycles.